The van der Waals surface area contributed by atoms with Gasteiger partial charge >= 0.3 is 0 Å². The van der Waals surface area contributed by atoms with Crippen molar-refractivity contribution >= 4 is 18.1 Å². The molecule has 2 rings (SSSR count). The Morgan fingerprint density at radius 3 is 3.00 bits per heavy atom. The average Bonchev–Trinajstić information content (AvgIpc) is 2.67. The van der Waals surface area contributed by atoms with E-state index in [1.807, 2.05) is 24.3 Å². The van der Waals surface area contributed by atoms with E-state index in [-0.39, 0.29) is 18.5 Å². The molecule has 1 aliphatic rings. The van der Waals surface area contributed by atoms with Crippen LogP contribution in [0.3, 0.4) is 0 Å². The topological polar surface area (TPSA) is 44.5 Å². The molecule has 1 aromatic rings. The molecule has 1 saturated heterocycles. The molecule has 1 fully saturated rings. The lowest BCUT2D eigenvalue weighted by molar-refractivity contribution is 0.0680. The van der Waals surface area contributed by atoms with Gasteiger partial charge in [-0.25, -0.2) is 0 Å². The molecule has 0 spiro atoms. The molecule has 0 radical (unpaired) electrons. The van der Waals surface area contributed by atoms with Crippen LogP contribution in [0.15, 0.2) is 24.3 Å². The molecule has 1 aliphatic heterocycles. The largest absolute Gasteiger partial charge is 0.491 e. The number of ether oxygens (including phenoxy) is 2. The first-order chi connectivity index (χ1) is 6.84. The Bertz CT molecular complexity index is 300. The van der Waals surface area contributed by atoms with Crippen molar-refractivity contribution in [2.45, 2.75) is 18.9 Å². The SMILES string of the molecule is Cl.Nc1cccc(OCC2CCCO2)c1. The van der Waals surface area contributed by atoms with E-state index in [1.165, 1.54) is 0 Å². The van der Waals surface area contributed by atoms with Gasteiger partial charge in [0.1, 0.15) is 12.4 Å². The van der Waals surface area contributed by atoms with Crippen molar-refractivity contribution in [2.24, 2.45) is 0 Å². The molecule has 84 valence electrons. The third kappa shape index (κ3) is 3.61. The normalized spacial score (nSPS) is 19.6. The van der Waals surface area contributed by atoms with Crippen LogP contribution in [0, 0.1) is 0 Å². The van der Waals surface area contributed by atoms with E-state index < -0.39 is 0 Å². The summed E-state index contributed by atoms with van der Waals surface area (Å²) in [6, 6.07) is 7.47. The van der Waals surface area contributed by atoms with Crippen LogP contribution in [0.5, 0.6) is 5.75 Å². The predicted molar refractivity (Wildman–Crippen MR) is 62.6 cm³/mol. The van der Waals surface area contributed by atoms with Crippen molar-refractivity contribution in [2.75, 3.05) is 18.9 Å². The van der Waals surface area contributed by atoms with Crippen LogP contribution in [0.2, 0.25) is 0 Å². The summed E-state index contributed by atoms with van der Waals surface area (Å²) in [6.07, 6.45) is 2.50. The lowest BCUT2D eigenvalue weighted by atomic mass is 10.2. The van der Waals surface area contributed by atoms with E-state index in [2.05, 4.69) is 0 Å². The molecule has 0 saturated carbocycles. The molecular formula is C11H16ClNO2. The fraction of sp³-hybridized carbons (Fsp3) is 0.455. The molecule has 0 bridgehead atoms. The third-order valence-electron chi connectivity index (χ3n) is 2.32. The number of benzene rings is 1. The Balaban J connectivity index is 0.00000112. The van der Waals surface area contributed by atoms with Crippen molar-refractivity contribution in [1.29, 1.82) is 0 Å². The lowest BCUT2D eigenvalue weighted by Crippen LogP contribution is -2.16. The number of halogens is 1. The molecule has 3 nitrogen and oxygen atoms in total. The highest BCUT2D eigenvalue weighted by atomic mass is 35.5. The second-order valence-electron chi connectivity index (χ2n) is 3.52. The van der Waals surface area contributed by atoms with Gasteiger partial charge in [-0.2, -0.15) is 0 Å². The molecule has 1 aromatic carbocycles. The van der Waals surface area contributed by atoms with E-state index in [4.69, 9.17) is 15.2 Å². The molecule has 2 N–H and O–H groups in total. The fourth-order valence-corrected chi connectivity index (χ4v) is 1.57. The van der Waals surface area contributed by atoms with Crippen LogP contribution in [-0.4, -0.2) is 19.3 Å². The fourth-order valence-electron chi connectivity index (χ4n) is 1.57. The van der Waals surface area contributed by atoms with Crippen LogP contribution >= 0.6 is 12.4 Å². The van der Waals surface area contributed by atoms with Gasteiger partial charge in [-0.05, 0) is 25.0 Å². The van der Waals surface area contributed by atoms with Gasteiger partial charge in [0.05, 0.1) is 6.10 Å². The Hall–Kier alpha value is -0.930. The highest BCUT2D eigenvalue weighted by Crippen LogP contribution is 2.17. The van der Waals surface area contributed by atoms with E-state index >= 15 is 0 Å². The van der Waals surface area contributed by atoms with Crippen molar-refractivity contribution in [3.63, 3.8) is 0 Å². The van der Waals surface area contributed by atoms with Crippen LogP contribution in [0.1, 0.15) is 12.8 Å². The van der Waals surface area contributed by atoms with Crippen molar-refractivity contribution in [3.05, 3.63) is 24.3 Å². The summed E-state index contributed by atoms with van der Waals surface area (Å²) in [7, 11) is 0. The zero-order valence-corrected chi connectivity index (χ0v) is 9.33. The maximum Gasteiger partial charge on any atom is 0.121 e. The monoisotopic (exact) mass is 229 g/mol. The van der Waals surface area contributed by atoms with E-state index in [0.717, 1.165) is 30.9 Å². The van der Waals surface area contributed by atoms with Gasteiger partial charge in [0, 0.05) is 18.4 Å². The average molecular weight is 230 g/mol. The Morgan fingerprint density at radius 2 is 2.33 bits per heavy atom. The summed E-state index contributed by atoms with van der Waals surface area (Å²) in [5.41, 5.74) is 6.36. The summed E-state index contributed by atoms with van der Waals surface area (Å²) in [4.78, 5) is 0. The van der Waals surface area contributed by atoms with E-state index in [9.17, 15) is 0 Å². The first kappa shape index (κ1) is 12.1. The number of rotatable bonds is 3. The minimum Gasteiger partial charge on any atom is -0.491 e. The summed E-state index contributed by atoms with van der Waals surface area (Å²) < 4.78 is 11.0. The molecule has 0 amide bonds. The minimum atomic E-state index is 0. The zero-order chi connectivity index (χ0) is 9.80. The van der Waals surface area contributed by atoms with Crippen LogP contribution in [0.4, 0.5) is 5.69 Å². The van der Waals surface area contributed by atoms with Gasteiger partial charge in [0.15, 0.2) is 0 Å². The number of hydrogen-bond acceptors (Lipinski definition) is 3. The third-order valence-corrected chi connectivity index (χ3v) is 2.32. The Kier molecular flexibility index (Phi) is 4.72. The Labute approximate surface area is 96.0 Å². The quantitative estimate of drug-likeness (QED) is 0.809. The van der Waals surface area contributed by atoms with Gasteiger partial charge in [-0.15, -0.1) is 12.4 Å². The summed E-state index contributed by atoms with van der Waals surface area (Å²) in [5, 5.41) is 0. The van der Waals surface area contributed by atoms with Gasteiger partial charge in [-0.3, -0.25) is 0 Å². The van der Waals surface area contributed by atoms with E-state index in [1.54, 1.807) is 0 Å². The molecule has 0 aliphatic carbocycles. The molecular weight excluding hydrogens is 214 g/mol. The highest BCUT2D eigenvalue weighted by Gasteiger charge is 2.15. The maximum absolute atomic E-state index is 5.63. The van der Waals surface area contributed by atoms with E-state index in [0.29, 0.717) is 6.61 Å². The molecule has 1 atom stereocenters. The van der Waals surface area contributed by atoms with Gasteiger partial charge < -0.3 is 15.2 Å². The van der Waals surface area contributed by atoms with Gasteiger partial charge in [0.2, 0.25) is 0 Å². The molecule has 15 heavy (non-hydrogen) atoms. The predicted octanol–water partition coefficient (Wildman–Crippen LogP) is 2.25. The maximum atomic E-state index is 5.63. The molecule has 4 heteroatoms. The van der Waals surface area contributed by atoms with Gasteiger partial charge in [0.25, 0.3) is 0 Å². The number of hydrogen-bond donors (Lipinski definition) is 1. The van der Waals surface area contributed by atoms with Crippen LogP contribution < -0.4 is 10.5 Å². The van der Waals surface area contributed by atoms with Crippen LogP contribution in [-0.2, 0) is 4.74 Å². The number of anilines is 1. The molecule has 1 heterocycles. The van der Waals surface area contributed by atoms with Crippen LogP contribution in [0.25, 0.3) is 0 Å². The minimum absolute atomic E-state index is 0. The second kappa shape index (κ2) is 5.83. The standard InChI is InChI=1S/C11H15NO2.ClH/c12-9-3-1-4-10(7-9)14-8-11-5-2-6-13-11;/h1,3-4,7,11H,2,5-6,8,12H2;1H. The van der Waals surface area contributed by atoms with Gasteiger partial charge in [-0.1, -0.05) is 6.07 Å². The van der Waals surface area contributed by atoms with Crippen molar-refractivity contribution in [3.8, 4) is 5.75 Å². The lowest BCUT2D eigenvalue weighted by Gasteiger charge is -2.11. The summed E-state index contributed by atoms with van der Waals surface area (Å²) in [5.74, 6) is 0.820. The smallest absolute Gasteiger partial charge is 0.121 e. The first-order valence-corrected chi connectivity index (χ1v) is 4.94. The second-order valence-corrected chi connectivity index (χ2v) is 3.52. The van der Waals surface area contributed by atoms with Crippen molar-refractivity contribution in [1.82, 2.24) is 0 Å². The Morgan fingerprint density at radius 1 is 1.47 bits per heavy atom. The number of nitrogens with two attached hydrogens (primary N) is 1. The molecule has 1 unspecified atom stereocenters. The number of nitrogen functional groups attached to an aromatic ring is 1. The first-order valence-electron chi connectivity index (χ1n) is 4.94. The highest BCUT2D eigenvalue weighted by molar-refractivity contribution is 5.85. The summed E-state index contributed by atoms with van der Waals surface area (Å²) >= 11 is 0. The van der Waals surface area contributed by atoms with Crippen molar-refractivity contribution < 1.29 is 9.47 Å². The summed E-state index contributed by atoms with van der Waals surface area (Å²) in [6.45, 7) is 1.49. The zero-order valence-electron chi connectivity index (χ0n) is 8.52. The molecule has 0 aromatic heterocycles.